The van der Waals surface area contributed by atoms with Crippen LogP contribution in [0.15, 0.2) is 0 Å². The highest BCUT2D eigenvalue weighted by molar-refractivity contribution is 6.14. The van der Waals surface area contributed by atoms with Crippen molar-refractivity contribution in [3.63, 3.8) is 0 Å². The number of esters is 1. The van der Waals surface area contributed by atoms with Gasteiger partial charge in [0.05, 0.1) is 6.61 Å². The highest BCUT2D eigenvalue weighted by Crippen LogP contribution is 1.91. The highest BCUT2D eigenvalue weighted by atomic mass is 35.5. The second-order valence-electron chi connectivity index (χ2n) is 1.43. The number of halogens is 1. The molecule has 0 aliphatic carbocycles. The Morgan fingerprint density at radius 3 is 2.40 bits per heavy atom. The monoisotopic (exact) mass is 166 g/mol. The van der Waals surface area contributed by atoms with Gasteiger partial charge in [-0.15, -0.1) is 0 Å². The number of hydrogen-bond donors (Lipinski definition) is 0. The van der Waals surface area contributed by atoms with E-state index in [1.54, 1.807) is 6.92 Å². The normalized spacial score (nSPS) is 8.60. The standard InChI is InChI=1S/C5H7ClO4/c1-2-9-4(7)3-5(8)10-6/h2-3H2,1H3. The molecule has 0 N–H and O–H groups in total. The molecule has 58 valence electrons. The lowest BCUT2D eigenvalue weighted by atomic mass is 10.4. The molecule has 0 saturated carbocycles. The highest BCUT2D eigenvalue weighted by Gasteiger charge is 2.09. The molecule has 0 aromatic heterocycles. The molecule has 0 bridgehead atoms. The van der Waals surface area contributed by atoms with Crippen LogP contribution in [0.3, 0.4) is 0 Å². The van der Waals surface area contributed by atoms with Crippen molar-refractivity contribution in [2.75, 3.05) is 6.61 Å². The molecule has 0 aliphatic heterocycles. The number of rotatable bonds is 3. The first-order valence-corrected chi connectivity index (χ1v) is 2.98. The summed E-state index contributed by atoms with van der Waals surface area (Å²) in [6, 6.07) is 0. The zero-order valence-electron chi connectivity index (χ0n) is 5.43. The number of ether oxygens (including phenoxy) is 1. The van der Waals surface area contributed by atoms with E-state index in [-0.39, 0.29) is 6.61 Å². The van der Waals surface area contributed by atoms with Crippen LogP contribution in [0.4, 0.5) is 0 Å². The molecule has 0 saturated heterocycles. The Bertz CT molecular complexity index is 134. The number of hydrogen-bond acceptors (Lipinski definition) is 4. The molecule has 0 aromatic rings. The van der Waals surface area contributed by atoms with Gasteiger partial charge in [0.15, 0.2) is 0 Å². The first-order chi connectivity index (χ1) is 4.70. The zero-order valence-corrected chi connectivity index (χ0v) is 6.18. The smallest absolute Gasteiger partial charge is 0.335 e. The van der Waals surface area contributed by atoms with Gasteiger partial charge in [-0.3, -0.25) is 4.79 Å². The van der Waals surface area contributed by atoms with E-state index in [4.69, 9.17) is 0 Å². The minimum Gasteiger partial charge on any atom is -0.466 e. The maximum Gasteiger partial charge on any atom is 0.335 e. The van der Waals surface area contributed by atoms with Crippen molar-refractivity contribution in [1.82, 2.24) is 0 Å². The van der Waals surface area contributed by atoms with Crippen LogP contribution in [0.2, 0.25) is 0 Å². The molecule has 0 radical (unpaired) electrons. The minimum absolute atomic E-state index is 0.244. The average Bonchev–Trinajstić information content (AvgIpc) is 1.88. The van der Waals surface area contributed by atoms with Crippen molar-refractivity contribution in [3.8, 4) is 0 Å². The molecule has 0 heterocycles. The fourth-order valence-electron chi connectivity index (χ4n) is 0.357. The molecule has 0 unspecified atom stereocenters. The van der Waals surface area contributed by atoms with Crippen molar-refractivity contribution < 1.29 is 18.6 Å². The Balaban J connectivity index is 3.47. The van der Waals surface area contributed by atoms with E-state index in [0.29, 0.717) is 0 Å². The van der Waals surface area contributed by atoms with Crippen molar-refractivity contribution >= 4 is 23.8 Å². The van der Waals surface area contributed by atoms with E-state index < -0.39 is 18.4 Å². The van der Waals surface area contributed by atoms with E-state index in [9.17, 15) is 9.59 Å². The van der Waals surface area contributed by atoms with Crippen molar-refractivity contribution in [2.45, 2.75) is 13.3 Å². The van der Waals surface area contributed by atoms with Gasteiger partial charge in [0.2, 0.25) is 0 Å². The van der Waals surface area contributed by atoms with Gasteiger partial charge in [-0.25, -0.2) is 4.79 Å². The van der Waals surface area contributed by atoms with E-state index in [2.05, 4.69) is 20.9 Å². The van der Waals surface area contributed by atoms with Crippen LogP contribution in [-0.2, 0) is 18.6 Å². The van der Waals surface area contributed by atoms with E-state index in [1.165, 1.54) is 0 Å². The fraction of sp³-hybridized carbons (Fsp3) is 0.600. The molecular weight excluding hydrogens is 160 g/mol. The maximum absolute atomic E-state index is 10.4. The van der Waals surface area contributed by atoms with Gasteiger partial charge in [-0.05, 0) is 6.92 Å². The Labute approximate surface area is 63.2 Å². The van der Waals surface area contributed by atoms with Crippen molar-refractivity contribution in [1.29, 1.82) is 0 Å². The summed E-state index contributed by atoms with van der Waals surface area (Å²) in [5.74, 6) is -1.44. The predicted octanol–water partition coefficient (Wildman–Crippen LogP) is 0.637. The molecule has 0 spiro atoms. The third-order valence-electron chi connectivity index (χ3n) is 0.680. The van der Waals surface area contributed by atoms with Gasteiger partial charge >= 0.3 is 11.9 Å². The van der Waals surface area contributed by atoms with E-state index >= 15 is 0 Å². The van der Waals surface area contributed by atoms with Crippen LogP contribution in [0.5, 0.6) is 0 Å². The van der Waals surface area contributed by atoms with Gasteiger partial charge in [-0.2, -0.15) is 0 Å². The van der Waals surface area contributed by atoms with Gasteiger partial charge in [-0.1, -0.05) is 0 Å². The van der Waals surface area contributed by atoms with Crippen LogP contribution in [0.25, 0.3) is 0 Å². The molecule has 0 amide bonds. The van der Waals surface area contributed by atoms with Gasteiger partial charge in [0, 0.05) is 0 Å². The summed E-state index contributed by atoms with van der Waals surface area (Å²) < 4.78 is 8.12. The topological polar surface area (TPSA) is 52.6 Å². The third-order valence-corrected chi connectivity index (χ3v) is 0.852. The van der Waals surface area contributed by atoms with Crippen molar-refractivity contribution in [3.05, 3.63) is 0 Å². The van der Waals surface area contributed by atoms with Gasteiger partial charge in [0.1, 0.15) is 18.3 Å². The molecule has 0 atom stereocenters. The first kappa shape index (κ1) is 9.23. The average molecular weight is 167 g/mol. The zero-order chi connectivity index (χ0) is 7.98. The van der Waals surface area contributed by atoms with E-state index in [1.807, 2.05) is 0 Å². The summed E-state index contributed by atoms with van der Waals surface area (Å²) in [7, 11) is 0. The molecule has 0 rings (SSSR count). The Hall–Kier alpha value is -0.770. The minimum atomic E-state index is -0.805. The second kappa shape index (κ2) is 5.05. The number of carbonyl (C=O) groups excluding carboxylic acids is 2. The summed E-state index contributed by atoms with van der Waals surface area (Å²) in [5, 5.41) is 0. The fourth-order valence-corrected chi connectivity index (χ4v) is 0.412. The van der Waals surface area contributed by atoms with Crippen LogP contribution < -0.4 is 0 Å². The van der Waals surface area contributed by atoms with Crippen LogP contribution in [0.1, 0.15) is 13.3 Å². The van der Waals surface area contributed by atoms with Gasteiger partial charge < -0.3 is 9.03 Å². The Morgan fingerprint density at radius 1 is 1.40 bits per heavy atom. The summed E-state index contributed by atoms with van der Waals surface area (Å²) >= 11 is 4.64. The Morgan fingerprint density at radius 2 is 2.00 bits per heavy atom. The molecule has 0 aliphatic rings. The van der Waals surface area contributed by atoms with E-state index in [0.717, 1.165) is 0 Å². The molecule has 5 heteroatoms. The molecule has 4 nitrogen and oxygen atoms in total. The summed E-state index contributed by atoms with van der Waals surface area (Å²) in [6.07, 6.45) is -0.433. The quantitative estimate of drug-likeness (QED) is 0.456. The van der Waals surface area contributed by atoms with Gasteiger partial charge in [0.25, 0.3) is 0 Å². The van der Waals surface area contributed by atoms with Crippen LogP contribution in [0, 0.1) is 0 Å². The SMILES string of the molecule is CCOC(=O)CC(=O)OCl. The maximum atomic E-state index is 10.4. The predicted molar refractivity (Wildman–Crippen MR) is 33.2 cm³/mol. The molecule has 0 aromatic carbocycles. The summed E-state index contributed by atoms with van der Waals surface area (Å²) in [6.45, 7) is 1.89. The number of carbonyl (C=O) groups is 2. The second-order valence-corrected chi connectivity index (χ2v) is 1.59. The third kappa shape index (κ3) is 4.14. The molecule has 0 fully saturated rings. The lowest BCUT2D eigenvalue weighted by Gasteiger charge is -1.96. The summed E-state index contributed by atoms with van der Waals surface area (Å²) in [5.41, 5.74) is 0. The van der Waals surface area contributed by atoms with Crippen LogP contribution >= 0.6 is 11.9 Å². The van der Waals surface area contributed by atoms with Crippen molar-refractivity contribution in [2.24, 2.45) is 0 Å². The molecule has 10 heavy (non-hydrogen) atoms. The largest absolute Gasteiger partial charge is 0.466 e. The lowest BCUT2D eigenvalue weighted by molar-refractivity contribution is -0.149. The lowest BCUT2D eigenvalue weighted by Crippen LogP contribution is -2.10. The van der Waals surface area contributed by atoms with Crippen LogP contribution in [-0.4, -0.2) is 18.5 Å². The molecular formula is C5H7ClO4. The summed E-state index contributed by atoms with van der Waals surface area (Å²) in [4.78, 5) is 20.7. The Kier molecular flexibility index (Phi) is 4.66. The first-order valence-electron chi connectivity index (χ1n) is 2.67.